The first-order valence-corrected chi connectivity index (χ1v) is 9.72. The van der Waals surface area contributed by atoms with Crippen molar-refractivity contribution in [2.24, 2.45) is 0 Å². The number of amides is 1. The Kier molecular flexibility index (Phi) is 7.16. The normalized spacial score (nSPS) is 14.9. The van der Waals surface area contributed by atoms with Crippen LogP contribution in [0.15, 0.2) is 36.4 Å². The molecule has 0 N–H and O–H groups in total. The van der Waals surface area contributed by atoms with Crippen LogP contribution >= 0.6 is 23.2 Å². The minimum atomic E-state index is -2.97. The lowest BCUT2D eigenvalue weighted by Crippen LogP contribution is -2.48. The number of nitrogens with zero attached hydrogens (tertiary/aromatic N) is 2. The standard InChI is InChI=1S/C20H20Cl2F2N2O3/c1-28-18-11-13(5-6-17(18)29-20(23)24)19(27)26-9-7-25(8-10-26)12-14-15(21)3-2-4-16(14)22/h2-6,11,20H,7-10,12H2,1H3. The quantitative estimate of drug-likeness (QED) is 0.654. The van der Waals surface area contributed by atoms with Crippen LogP contribution in [0.2, 0.25) is 10.0 Å². The Bertz CT molecular complexity index is 855. The van der Waals surface area contributed by atoms with Gasteiger partial charge in [0.2, 0.25) is 0 Å². The molecule has 0 radical (unpaired) electrons. The van der Waals surface area contributed by atoms with Gasteiger partial charge in [0.05, 0.1) is 7.11 Å². The molecular weight excluding hydrogens is 425 g/mol. The van der Waals surface area contributed by atoms with Gasteiger partial charge >= 0.3 is 6.61 Å². The molecule has 3 rings (SSSR count). The van der Waals surface area contributed by atoms with Crippen molar-refractivity contribution in [3.63, 3.8) is 0 Å². The van der Waals surface area contributed by atoms with E-state index in [1.807, 2.05) is 0 Å². The fourth-order valence-electron chi connectivity index (χ4n) is 3.19. The molecule has 1 aliphatic rings. The summed E-state index contributed by atoms with van der Waals surface area (Å²) in [5.41, 5.74) is 1.22. The summed E-state index contributed by atoms with van der Waals surface area (Å²) in [7, 11) is 1.33. The molecule has 0 spiro atoms. The molecule has 0 atom stereocenters. The second kappa shape index (κ2) is 9.61. The van der Waals surface area contributed by atoms with Crippen LogP contribution in [0.5, 0.6) is 11.5 Å². The third-order valence-electron chi connectivity index (χ3n) is 4.73. The van der Waals surface area contributed by atoms with Gasteiger partial charge in [0.1, 0.15) is 0 Å². The number of hydrogen-bond donors (Lipinski definition) is 0. The second-order valence-corrected chi connectivity index (χ2v) is 7.33. The first-order valence-electron chi connectivity index (χ1n) is 8.96. The summed E-state index contributed by atoms with van der Waals surface area (Å²) in [5, 5.41) is 1.24. The number of carbonyl (C=O) groups excluding carboxylic acids is 1. The molecule has 9 heteroatoms. The molecular formula is C20H20Cl2F2N2O3. The molecule has 29 heavy (non-hydrogen) atoms. The van der Waals surface area contributed by atoms with Gasteiger partial charge in [-0.2, -0.15) is 8.78 Å². The highest BCUT2D eigenvalue weighted by Gasteiger charge is 2.24. The topological polar surface area (TPSA) is 42.0 Å². The predicted molar refractivity (Wildman–Crippen MR) is 107 cm³/mol. The summed E-state index contributed by atoms with van der Waals surface area (Å²) in [6.45, 7) is 0.0177. The van der Waals surface area contributed by atoms with E-state index in [4.69, 9.17) is 27.9 Å². The Balaban J connectivity index is 1.63. The highest BCUT2D eigenvalue weighted by molar-refractivity contribution is 6.35. The number of hydrogen-bond acceptors (Lipinski definition) is 4. The Morgan fingerprint density at radius 1 is 1.07 bits per heavy atom. The molecule has 1 heterocycles. The van der Waals surface area contributed by atoms with Gasteiger partial charge in [0.15, 0.2) is 11.5 Å². The molecule has 2 aromatic carbocycles. The van der Waals surface area contributed by atoms with Gasteiger partial charge < -0.3 is 14.4 Å². The van der Waals surface area contributed by atoms with Crippen molar-refractivity contribution >= 4 is 29.1 Å². The largest absolute Gasteiger partial charge is 0.493 e. The maximum atomic E-state index is 12.8. The fraction of sp³-hybridized carbons (Fsp3) is 0.350. The van der Waals surface area contributed by atoms with Crippen molar-refractivity contribution in [2.75, 3.05) is 33.3 Å². The lowest BCUT2D eigenvalue weighted by atomic mass is 10.1. The lowest BCUT2D eigenvalue weighted by molar-refractivity contribution is -0.0512. The van der Waals surface area contributed by atoms with Gasteiger partial charge in [-0.25, -0.2) is 0 Å². The summed E-state index contributed by atoms with van der Waals surface area (Å²) < 4.78 is 34.4. The van der Waals surface area contributed by atoms with E-state index in [-0.39, 0.29) is 17.4 Å². The van der Waals surface area contributed by atoms with Crippen molar-refractivity contribution in [2.45, 2.75) is 13.2 Å². The van der Waals surface area contributed by atoms with E-state index in [2.05, 4.69) is 9.64 Å². The van der Waals surface area contributed by atoms with Gasteiger partial charge in [0, 0.05) is 53.9 Å². The average molecular weight is 445 g/mol. The summed E-state index contributed by atoms with van der Waals surface area (Å²) in [5.74, 6) is -0.217. The van der Waals surface area contributed by atoms with Crippen LogP contribution in [0.1, 0.15) is 15.9 Å². The SMILES string of the molecule is COc1cc(C(=O)N2CCN(Cc3c(Cl)cccc3Cl)CC2)ccc1OC(F)F. The predicted octanol–water partition coefficient (Wildman–Crippen LogP) is 4.56. The third-order valence-corrected chi connectivity index (χ3v) is 5.44. The highest BCUT2D eigenvalue weighted by Crippen LogP contribution is 2.30. The number of carbonyl (C=O) groups is 1. The molecule has 0 aromatic heterocycles. The van der Waals surface area contributed by atoms with E-state index in [0.29, 0.717) is 48.3 Å². The Morgan fingerprint density at radius 3 is 2.31 bits per heavy atom. The number of benzene rings is 2. The molecule has 0 aliphatic carbocycles. The Labute approximate surface area is 177 Å². The molecule has 1 aliphatic heterocycles. The number of methoxy groups -OCH3 is 1. The molecule has 0 bridgehead atoms. The zero-order valence-corrected chi connectivity index (χ0v) is 17.2. The number of halogens is 4. The minimum Gasteiger partial charge on any atom is -0.493 e. The maximum Gasteiger partial charge on any atom is 0.387 e. The minimum absolute atomic E-state index is 0.0862. The molecule has 0 saturated carbocycles. The summed E-state index contributed by atoms with van der Waals surface area (Å²) in [6, 6.07) is 9.59. The lowest BCUT2D eigenvalue weighted by Gasteiger charge is -2.35. The molecule has 1 saturated heterocycles. The number of ether oxygens (including phenoxy) is 2. The average Bonchev–Trinajstić information content (AvgIpc) is 2.71. The van der Waals surface area contributed by atoms with Gasteiger partial charge in [-0.05, 0) is 30.3 Å². The van der Waals surface area contributed by atoms with Crippen molar-refractivity contribution in [1.82, 2.24) is 9.80 Å². The van der Waals surface area contributed by atoms with Gasteiger partial charge in [-0.3, -0.25) is 9.69 Å². The van der Waals surface area contributed by atoms with E-state index in [1.165, 1.54) is 25.3 Å². The van der Waals surface area contributed by atoms with Crippen LogP contribution in [-0.4, -0.2) is 55.6 Å². The molecule has 5 nitrogen and oxygen atoms in total. The third kappa shape index (κ3) is 5.29. The zero-order chi connectivity index (χ0) is 21.0. The highest BCUT2D eigenvalue weighted by atomic mass is 35.5. The van der Waals surface area contributed by atoms with Crippen LogP contribution in [0, 0.1) is 0 Å². The Hall–Kier alpha value is -2.09. The van der Waals surface area contributed by atoms with E-state index in [1.54, 1.807) is 23.1 Å². The van der Waals surface area contributed by atoms with Gasteiger partial charge in [-0.1, -0.05) is 29.3 Å². The molecule has 1 fully saturated rings. The number of alkyl halides is 2. The van der Waals surface area contributed by atoms with E-state index in [0.717, 1.165) is 5.56 Å². The van der Waals surface area contributed by atoms with Crippen LogP contribution in [0.25, 0.3) is 0 Å². The van der Waals surface area contributed by atoms with E-state index >= 15 is 0 Å². The van der Waals surface area contributed by atoms with Gasteiger partial charge in [0.25, 0.3) is 5.91 Å². The summed E-state index contributed by atoms with van der Waals surface area (Å²) >= 11 is 12.5. The maximum absolute atomic E-state index is 12.8. The molecule has 1 amide bonds. The zero-order valence-electron chi connectivity index (χ0n) is 15.7. The first-order chi connectivity index (χ1) is 13.9. The monoisotopic (exact) mass is 444 g/mol. The van der Waals surface area contributed by atoms with Crippen LogP contribution < -0.4 is 9.47 Å². The van der Waals surface area contributed by atoms with E-state index < -0.39 is 6.61 Å². The van der Waals surface area contributed by atoms with Crippen molar-refractivity contribution in [1.29, 1.82) is 0 Å². The van der Waals surface area contributed by atoms with E-state index in [9.17, 15) is 13.6 Å². The molecule has 156 valence electrons. The molecule has 2 aromatic rings. The fourth-order valence-corrected chi connectivity index (χ4v) is 3.71. The second-order valence-electron chi connectivity index (χ2n) is 6.51. The first kappa shape index (κ1) is 21.6. The Morgan fingerprint density at radius 2 is 1.72 bits per heavy atom. The summed E-state index contributed by atoms with van der Waals surface area (Å²) in [4.78, 5) is 16.7. The van der Waals surface area contributed by atoms with Crippen molar-refractivity contribution in [3.8, 4) is 11.5 Å². The number of piperazine rings is 1. The van der Waals surface area contributed by atoms with Crippen LogP contribution in [0.4, 0.5) is 8.78 Å². The van der Waals surface area contributed by atoms with Crippen LogP contribution in [0.3, 0.4) is 0 Å². The van der Waals surface area contributed by atoms with Crippen molar-refractivity contribution < 1.29 is 23.0 Å². The smallest absolute Gasteiger partial charge is 0.387 e. The van der Waals surface area contributed by atoms with Gasteiger partial charge in [-0.15, -0.1) is 0 Å². The van der Waals surface area contributed by atoms with Crippen molar-refractivity contribution in [3.05, 3.63) is 57.6 Å². The molecule has 0 unspecified atom stereocenters. The number of rotatable bonds is 6. The van der Waals surface area contributed by atoms with Crippen LogP contribution in [-0.2, 0) is 6.54 Å². The summed E-state index contributed by atoms with van der Waals surface area (Å²) in [6.07, 6.45) is 0.